The van der Waals surface area contributed by atoms with Gasteiger partial charge in [0.2, 0.25) is 0 Å². The van der Waals surface area contributed by atoms with Gasteiger partial charge in [-0.25, -0.2) is 8.42 Å². The second-order valence-corrected chi connectivity index (χ2v) is 10.3. The molecule has 0 aliphatic heterocycles. The van der Waals surface area contributed by atoms with Crippen molar-refractivity contribution in [1.82, 2.24) is 10.3 Å². The maximum atomic E-state index is 13.0. The molecule has 2 aromatic carbocycles. The van der Waals surface area contributed by atoms with E-state index in [1.807, 2.05) is 55.5 Å². The number of carbonyl (C=O) groups is 1. The van der Waals surface area contributed by atoms with E-state index >= 15 is 0 Å². The molecule has 0 fully saturated rings. The van der Waals surface area contributed by atoms with Crippen LogP contribution in [0.1, 0.15) is 39.5 Å². The molecular weight excluding hydrogens is 400 g/mol. The van der Waals surface area contributed by atoms with E-state index in [9.17, 15) is 13.2 Å². The summed E-state index contributed by atoms with van der Waals surface area (Å²) < 4.78 is 25.2. The Bertz CT molecular complexity index is 1180. The van der Waals surface area contributed by atoms with Gasteiger partial charge in [-0.1, -0.05) is 35.9 Å². The number of carbonyl (C=O) groups excluding carboxylic acids is 1. The van der Waals surface area contributed by atoms with Gasteiger partial charge in [-0.15, -0.1) is 0 Å². The molecule has 0 saturated heterocycles. The Morgan fingerprint density at radius 1 is 1.20 bits per heavy atom. The number of aliphatic hydroxyl groups excluding tert-OH is 1. The minimum absolute atomic E-state index is 0.0408. The van der Waals surface area contributed by atoms with Crippen molar-refractivity contribution in [2.45, 2.75) is 31.7 Å². The number of amides is 1. The van der Waals surface area contributed by atoms with Crippen LogP contribution in [0.3, 0.4) is 0 Å². The van der Waals surface area contributed by atoms with Crippen molar-refractivity contribution in [1.29, 1.82) is 0 Å². The molecule has 1 aromatic heterocycles. The van der Waals surface area contributed by atoms with Crippen LogP contribution < -0.4 is 5.32 Å². The van der Waals surface area contributed by atoms with Crippen LogP contribution in [0.4, 0.5) is 0 Å². The van der Waals surface area contributed by atoms with Crippen molar-refractivity contribution in [2.24, 2.45) is 0 Å². The zero-order chi connectivity index (χ0) is 21.3. The van der Waals surface area contributed by atoms with Crippen LogP contribution in [0, 0.1) is 6.92 Å². The van der Waals surface area contributed by atoms with Gasteiger partial charge >= 0.3 is 0 Å². The normalized spacial score (nSPS) is 18.5. The van der Waals surface area contributed by atoms with Crippen LogP contribution in [-0.4, -0.2) is 48.6 Å². The monoisotopic (exact) mass is 426 g/mol. The summed E-state index contributed by atoms with van der Waals surface area (Å²) in [6.07, 6.45) is 0.823. The molecule has 2 atom stereocenters. The number of fused-ring (bicyclic) bond motifs is 2. The van der Waals surface area contributed by atoms with E-state index < -0.39 is 9.84 Å². The molecule has 3 aromatic rings. The van der Waals surface area contributed by atoms with Crippen molar-refractivity contribution in [3.8, 4) is 0 Å². The Morgan fingerprint density at radius 2 is 2.00 bits per heavy atom. The highest BCUT2D eigenvalue weighted by atomic mass is 32.2. The first kappa shape index (κ1) is 20.6. The molecular formula is C23H26N2O4S. The quantitative estimate of drug-likeness (QED) is 0.541. The Kier molecular flexibility index (Phi) is 5.66. The Hall–Kier alpha value is -2.64. The van der Waals surface area contributed by atoms with Gasteiger partial charge in [0, 0.05) is 29.5 Å². The van der Waals surface area contributed by atoms with Gasteiger partial charge < -0.3 is 15.4 Å². The lowest BCUT2D eigenvalue weighted by Crippen LogP contribution is -2.40. The highest BCUT2D eigenvalue weighted by Crippen LogP contribution is 2.35. The molecule has 0 spiro atoms. The molecule has 1 amide bonds. The first-order valence-corrected chi connectivity index (χ1v) is 12.0. The predicted octanol–water partition coefficient (Wildman–Crippen LogP) is 2.71. The molecule has 1 aliphatic carbocycles. The minimum Gasteiger partial charge on any atom is -0.396 e. The first-order valence-electron chi connectivity index (χ1n) is 10.2. The van der Waals surface area contributed by atoms with Gasteiger partial charge in [0.25, 0.3) is 5.91 Å². The number of hydrogen-bond acceptors (Lipinski definition) is 4. The minimum atomic E-state index is -3.35. The molecule has 4 rings (SSSR count). The third-order valence-electron chi connectivity index (χ3n) is 5.76. The number of rotatable bonds is 7. The summed E-state index contributed by atoms with van der Waals surface area (Å²) in [6.45, 7) is 1.85. The standard InChI is InChI=1S/C23H26N2O4S/c1-15-7-8-20-17(11-15)13-22(24-20)23(27)25-21-12-16-5-2-3-6-18(16)19(21)14-30(28,29)10-4-9-26/h2-3,5-8,11,13,19,21,24,26H,4,9-10,12,14H2,1H3,(H,25,27)/t19-,21+/m0/s1. The lowest BCUT2D eigenvalue weighted by atomic mass is 10.0. The number of nitrogens with one attached hydrogen (secondary N) is 2. The van der Waals surface area contributed by atoms with Crippen LogP contribution in [-0.2, 0) is 16.3 Å². The molecule has 6 nitrogen and oxygen atoms in total. The number of hydrogen-bond donors (Lipinski definition) is 3. The Morgan fingerprint density at radius 3 is 2.80 bits per heavy atom. The molecule has 0 bridgehead atoms. The lowest BCUT2D eigenvalue weighted by Gasteiger charge is -2.21. The molecule has 158 valence electrons. The van der Waals surface area contributed by atoms with Crippen molar-refractivity contribution >= 4 is 26.6 Å². The topological polar surface area (TPSA) is 99.3 Å². The fraction of sp³-hybridized carbons (Fsp3) is 0.348. The second-order valence-electron chi connectivity index (χ2n) is 8.05. The number of aliphatic hydroxyl groups is 1. The van der Waals surface area contributed by atoms with Crippen LogP contribution in [0.15, 0.2) is 48.5 Å². The largest absolute Gasteiger partial charge is 0.396 e. The van der Waals surface area contributed by atoms with Crippen LogP contribution >= 0.6 is 0 Å². The zero-order valence-electron chi connectivity index (χ0n) is 16.9. The van der Waals surface area contributed by atoms with Gasteiger partial charge in [0.05, 0.1) is 11.5 Å². The summed E-state index contributed by atoms with van der Waals surface area (Å²) in [5.74, 6) is -0.634. The van der Waals surface area contributed by atoms with E-state index in [0.29, 0.717) is 12.1 Å². The molecule has 0 saturated carbocycles. The highest BCUT2D eigenvalue weighted by molar-refractivity contribution is 7.91. The summed E-state index contributed by atoms with van der Waals surface area (Å²) >= 11 is 0. The molecule has 30 heavy (non-hydrogen) atoms. The predicted molar refractivity (Wildman–Crippen MR) is 118 cm³/mol. The summed E-state index contributed by atoms with van der Waals surface area (Å²) in [5, 5.41) is 13.0. The van der Waals surface area contributed by atoms with E-state index in [1.54, 1.807) is 0 Å². The molecule has 1 heterocycles. The van der Waals surface area contributed by atoms with Crippen LogP contribution in [0.2, 0.25) is 0 Å². The zero-order valence-corrected chi connectivity index (χ0v) is 17.7. The van der Waals surface area contributed by atoms with Gasteiger partial charge in [-0.05, 0) is 49.1 Å². The van der Waals surface area contributed by atoms with Crippen molar-refractivity contribution in [2.75, 3.05) is 18.1 Å². The SMILES string of the molecule is Cc1ccc2[nH]c(C(=O)N[C@@H]3Cc4ccccc4[C@@H]3CS(=O)(=O)CCCO)cc2c1. The molecule has 0 radical (unpaired) electrons. The van der Waals surface area contributed by atoms with Crippen molar-refractivity contribution < 1.29 is 18.3 Å². The molecule has 1 aliphatic rings. The van der Waals surface area contributed by atoms with E-state index in [1.165, 1.54) is 0 Å². The average Bonchev–Trinajstić information content (AvgIpc) is 3.27. The maximum Gasteiger partial charge on any atom is 0.267 e. The van der Waals surface area contributed by atoms with E-state index in [2.05, 4.69) is 10.3 Å². The number of sulfone groups is 1. The van der Waals surface area contributed by atoms with Crippen molar-refractivity contribution in [3.05, 3.63) is 70.9 Å². The van der Waals surface area contributed by atoms with Gasteiger partial charge in [-0.2, -0.15) is 0 Å². The maximum absolute atomic E-state index is 13.0. The third kappa shape index (κ3) is 4.27. The molecule has 3 N–H and O–H groups in total. The lowest BCUT2D eigenvalue weighted by molar-refractivity contribution is 0.0930. The average molecular weight is 427 g/mol. The number of H-pyrrole nitrogens is 1. The van der Waals surface area contributed by atoms with E-state index in [0.717, 1.165) is 27.6 Å². The fourth-order valence-electron chi connectivity index (χ4n) is 4.30. The molecule has 0 unspecified atom stereocenters. The summed E-state index contributed by atoms with van der Waals surface area (Å²) in [7, 11) is -3.35. The number of aromatic nitrogens is 1. The van der Waals surface area contributed by atoms with Gasteiger partial charge in [-0.3, -0.25) is 4.79 Å². The Labute approximate surface area is 176 Å². The van der Waals surface area contributed by atoms with E-state index in [4.69, 9.17) is 5.11 Å². The summed E-state index contributed by atoms with van der Waals surface area (Å²) in [4.78, 5) is 16.1. The number of benzene rings is 2. The first-order chi connectivity index (χ1) is 14.4. The Balaban J connectivity index is 1.57. The summed E-state index contributed by atoms with van der Waals surface area (Å²) in [5.41, 5.74) is 4.52. The van der Waals surface area contributed by atoms with Gasteiger partial charge in [0.1, 0.15) is 5.69 Å². The smallest absolute Gasteiger partial charge is 0.267 e. The fourth-order valence-corrected chi connectivity index (χ4v) is 5.99. The van der Waals surface area contributed by atoms with E-state index in [-0.39, 0.29) is 42.4 Å². The summed E-state index contributed by atoms with van der Waals surface area (Å²) in [6, 6.07) is 15.2. The highest BCUT2D eigenvalue weighted by Gasteiger charge is 2.36. The van der Waals surface area contributed by atoms with Gasteiger partial charge in [0.15, 0.2) is 9.84 Å². The number of aryl methyl sites for hydroxylation is 1. The number of aromatic amines is 1. The van der Waals surface area contributed by atoms with Crippen LogP contribution in [0.25, 0.3) is 10.9 Å². The molecule has 7 heteroatoms. The van der Waals surface area contributed by atoms with Crippen molar-refractivity contribution in [3.63, 3.8) is 0 Å². The van der Waals surface area contributed by atoms with Crippen LogP contribution in [0.5, 0.6) is 0 Å². The second kappa shape index (κ2) is 8.24. The third-order valence-corrected chi connectivity index (χ3v) is 7.54.